The summed E-state index contributed by atoms with van der Waals surface area (Å²) in [5.41, 5.74) is 0.510. The van der Waals surface area contributed by atoms with E-state index in [1.165, 1.54) is 71.0 Å². The monoisotopic (exact) mass is 236 g/mol. The topological polar surface area (TPSA) is 15.3 Å². The highest BCUT2D eigenvalue weighted by Crippen LogP contribution is 2.42. The number of nitrogens with zero attached hydrogens (tertiary/aromatic N) is 1. The van der Waals surface area contributed by atoms with E-state index in [-0.39, 0.29) is 0 Å². The van der Waals surface area contributed by atoms with E-state index in [0.717, 1.165) is 12.0 Å². The second kappa shape index (κ2) is 4.89. The van der Waals surface area contributed by atoms with Gasteiger partial charge in [-0.05, 0) is 51.1 Å². The molecule has 0 aromatic carbocycles. The van der Waals surface area contributed by atoms with Crippen LogP contribution in [0.1, 0.15) is 58.3 Å². The molecule has 0 radical (unpaired) electrons. The molecule has 17 heavy (non-hydrogen) atoms. The first-order valence-corrected chi connectivity index (χ1v) is 7.82. The summed E-state index contributed by atoms with van der Waals surface area (Å²) in [6.07, 6.45) is 11.4. The maximum atomic E-state index is 3.87. The molecular formula is C15H28N2. The molecule has 0 aromatic rings. The molecule has 3 aliphatic rings. The van der Waals surface area contributed by atoms with Gasteiger partial charge in [-0.15, -0.1) is 0 Å². The Morgan fingerprint density at radius 1 is 1.24 bits per heavy atom. The molecule has 1 aliphatic heterocycles. The molecule has 1 heterocycles. The van der Waals surface area contributed by atoms with Crippen LogP contribution >= 0.6 is 0 Å². The normalized spacial score (nSPS) is 37.2. The van der Waals surface area contributed by atoms with Gasteiger partial charge in [-0.1, -0.05) is 26.2 Å². The third-order valence-corrected chi connectivity index (χ3v) is 5.20. The smallest absolute Gasteiger partial charge is 0.0308 e. The molecule has 1 saturated heterocycles. The number of rotatable bonds is 3. The molecule has 2 unspecified atom stereocenters. The highest BCUT2D eigenvalue weighted by Gasteiger charge is 2.45. The van der Waals surface area contributed by atoms with E-state index in [0.29, 0.717) is 5.54 Å². The van der Waals surface area contributed by atoms with Gasteiger partial charge in [0.1, 0.15) is 0 Å². The Labute approximate surface area is 106 Å². The minimum Gasteiger partial charge on any atom is -0.310 e. The van der Waals surface area contributed by atoms with Gasteiger partial charge in [-0.25, -0.2) is 0 Å². The van der Waals surface area contributed by atoms with Crippen molar-refractivity contribution >= 4 is 0 Å². The Morgan fingerprint density at radius 2 is 2.06 bits per heavy atom. The molecule has 98 valence electrons. The Bertz CT molecular complexity index is 258. The zero-order valence-corrected chi connectivity index (χ0v) is 11.4. The second-order valence-corrected chi connectivity index (χ2v) is 6.59. The number of nitrogens with one attached hydrogen (secondary N) is 1. The average molecular weight is 236 g/mol. The summed E-state index contributed by atoms with van der Waals surface area (Å²) in [6, 6.07) is 0.951. The summed E-state index contributed by atoms with van der Waals surface area (Å²) in [4.78, 5) is 2.84. The summed E-state index contributed by atoms with van der Waals surface area (Å²) < 4.78 is 0. The van der Waals surface area contributed by atoms with Crippen molar-refractivity contribution < 1.29 is 0 Å². The number of hydrogen-bond acceptors (Lipinski definition) is 2. The Kier molecular flexibility index (Phi) is 3.45. The molecule has 1 N–H and O–H groups in total. The molecule has 0 bridgehead atoms. The maximum absolute atomic E-state index is 3.87. The third-order valence-electron chi connectivity index (χ3n) is 5.20. The zero-order chi connectivity index (χ0) is 11.7. The molecule has 2 saturated carbocycles. The lowest BCUT2D eigenvalue weighted by Gasteiger charge is -2.33. The van der Waals surface area contributed by atoms with Crippen molar-refractivity contribution in [2.45, 2.75) is 69.9 Å². The molecule has 3 rings (SSSR count). The molecule has 2 heteroatoms. The van der Waals surface area contributed by atoms with Crippen LogP contribution in [0, 0.1) is 5.92 Å². The van der Waals surface area contributed by atoms with Gasteiger partial charge in [0.05, 0.1) is 0 Å². The van der Waals surface area contributed by atoms with Crippen LogP contribution in [0.4, 0.5) is 0 Å². The van der Waals surface area contributed by atoms with E-state index in [4.69, 9.17) is 0 Å². The van der Waals surface area contributed by atoms with Gasteiger partial charge in [-0.3, -0.25) is 4.90 Å². The van der Waals surface area contributed by atoms with E-state index in [1.807, 2.05) is 0 Å². The SMILES string of the molecule is CCCC1CC1N1CCCNC2(CCCC2)C1. The van der Waals surface area contributed by atoms with Gasteiger partial charge in [-0.2, -0.15) is 0 Å². The summed E-state index contributed by atoms with van der Waals surface area (Å²) in [7, 11) is 0. The molecule has 0 amide bonds. The van der Waals surface area contributed by atoms with Gasteiger partial charge in [0, 0.05) is 18.1 Å². The van der Waals surface area contributed by atoms with Gasteiger partial charge in [0.25, 0.3) is 0 Å². The van der Waals surface area contributed by atoms with Crippen molar-refractivity contribution in [3.05, 3.63) is 0 Å². The Balaban J connectivity index is 1.61. The van der Waals surface area contributed by atoms with Crippen LogP contribution in [0.15, 0.2) is 0 Å². The molecule has 0 aromatic heterocycles. The van der Waals surface area contributed by atoms with E-state index in [1.54, 1.807) is 0 Å². The highest BCUT2D eigenvalue weighted by atomic mass is 15.2. The lowest BCUT2D eigenvalue weighted by molar-refractivity contribution is 0.194. The van der Waals surface area contributed by atoms with Crippen LogP contribution in [-0.2, 0) is 0 Å². The van der Waals surface area contributed by atoms with Crippen molar-refractivity contribution in [2.24, 2.45) is 5.92 Å². The fraction of sp³-hybridized carbons (Fsp3) is 1.00. The molecule has 2 atom stereocenters. The van der Waals surface area contributed by atoms with Crippen LogP contribution in [0.25, 0.3) is 0 Å². The molecule has 1 spiro atoms. The first-order chi connectivity index (χ1) is 8.33. The molecular weight excluding hydrogens is 208 g/mol. The van der Waals surface area contributed by atoms with E-state index < -0.39 is 0 Å². The largest absolute Gasteiger partial charge is 0.310 e. The van der Waals surface area contributed by atoms with Crippen LogP contribution in [0.5, 0.6) is 0 Å². The fourth-order valence-electron chi connectivity index (χ4n) is 4.19. The Hall–Kier alpha value is -0.0800. The average Bonchev–Trinajstić information content (AvgIpc) is 2.98. The minimum atomic E-state index is 0.510. The molecule has 3 fully saturated rings. The van der Waals surface area contributed by atoms with Crippen molar-refractivity contribution in [1.82, 2.24) is 10.2 Å². The van der Waals surface area contributed by atoms with Crippen LogP contribution in [0.2, 0.25) is 0 Å². The van der Waals surface area contributed by atoms with E-state index in [2.05, 4.69) is 17.1 Å². The highest BCUT2D eigenvalue weighted by molar-refractivity contribution is 5.02. The van der Waals surface area contributed by atoms with Crippen LogP contribution in [-0.4, -0.2) is 36.1 Å². The van der Waals surface area contributed by atoms with Gasteiger partial charge in [0.2, 0.25) is 0 Å². The van der Waals surface area contributed by atoms with E-state index >= 15 is 0 Å². The minimum absolute atomic E-state index is 0.510. The van der Waals surface area contributed by atoms with Gasteiger partial charge in [0.15, 0.2) is 0 Å². The lowest BCUT2D eigenvalue weighted by Crippen LogP contribution is -2.50. The van der Waals surface area contributed by atoms with Crippen LogP contribution < -0.4 is 5.32 Å². The third kappa shape index (κ3) is 2.53. The number of hydrogen-bond donors (Lipinski definition) is 1. The standard InChI is InChI=1S/C15H28N2/c1-2-6-13-11-14(13)17-10-5-9-16-15(12-17)7-3-4-8-15/h13-14,16H,2-12H2,1H3. The van der Waals surface area contributed by atoms with Crippen molar-refractivity contribution in [2.75, 3.05) is 19.6 Å². The molecule has 2 nitrogen and oxygen atoms in total. The first kappa shape index (κ1) is 12.0. The summed E-state index contributed by atoms with van der Waals surface area (Å²) in [5.74, 6) is 1.04. The lowest BCUT2D eigenvalue weighted by atomic mass is 9.97. The summed E-state index contributed by atoms with van der Waals surface area (Å²) in [6.45, 7) is 6.27. The second-order valence-electron chi connectivity index (χ2n) is 6.59. The predicted molar refractivity (Wildman–Crippen MR) is 72.2 cm³/mol. The van der Waals surface area contributed by atoms with Gasteiger partial charge >= 0.3 is 0 Å². The predicted octanol–water partition coefficient (Wildman–Crippen LogP) is 2.78. The quantitative estimate of drug-likeness (QED) is 0.810. The maximum Gasteiger partial charge on any atom is 0.0308 e. The van der Waals surface area contributed by atoms with Crippen molar-refractivity contribution in [1.29, 1.82) is 0 Å². The Morgan fingerprint density at radius 3 is 2.82 bits per heavy atom. The summed E-state index contributed by atoms with van der Waals surface area (Å²) >= 11 is 0. The molecule has 2 aliphatic carbocycles. The zero-order valence-electron chi connectivity index (χ0n) is 11.4. The van der Waals surface area contributed by atoms with Crippen molar-refractivity contribution in [3.63, 3.8) is 0 Å². The van der Waals surface area contributed by atoms with Crippen LogP contribution in [0.3, 0.4) is 0 Å². The van der Waals surface area contributed by atoms with Gasteiger partial charge < -0.3 is 5.32 Å². The van der Waals surface area contributed by atoms with E-state index in [9.17, 15) is 0 Å². The summed E-state index contributed by atoms with van der Waals surface area (Å²) in [5, 5.41) is 3.87. The first-order valence-electron chi connectivity index (χ1n) is 7.82. The van der Waals surface area contributed by atoms with Crippen molar-refractivity contribution in [3.8, 4) is 0 Å². The fourth-order valence-corrected chi connectivity index (χ4v) is 4.19.